The van der Waals surface area contributed by atoms with Gasteiger partial charge in [-0.05, 0) is 81.1 Å². The first-order valence-corrected chi connectivity index (χ1v) is 11.5. The molecule has 3 aliphatic rings. The van der Waals surface area contributed by atoms with Crippen LogP contribution in [0.25, 0.3) is 0 Å². The number of nitriles is 1. The number of allylic oxidation sites excluding steroid dienone is 4. The normalized spacial score (nSPS) is 23.8. The van der Waals surface area contributed by atoms with Crippen molar-refractivity contribution in [1.82, 2.24) is 10.2 Å². The summed E-state index contributed by atoms with van der Waals surface area (Å²) in [7, 11) is 0. The van der Waals surface area contributed by atoms with E-state index in [4.69, 9.17) is 5.26 Å². The van der Waals surface area contributed by atoms with Gasteiger partial charge in [-0.2, -0.15) is 5.26 Å². The average molecular weight is 416 g/mol. The minimum absolute atomic E-state index is 0.0183. The maximum Gasteiger partial charge on any atom is 0.251 e. The lowest BCUT2D eigenvalue weighted by Crippen LogP contribution is -2.38. The maximum absolute atomic E-state index is 13.1. The van der Waals surface area contributed by atoms with Gasteiger partial charge in [0.2, 0.25) is 0 Å². The number of amides is 1. The van der Waals surface area contributed by atoms with Gasteiger partial charge in [0.25, 0.3) is 5.91 Å². The zero-order chi connectivity index (χ0) is 22.0. The standard InChI is InChI=1S/C27H33N3O/c1-19(2)7-12-23-20(3)5-4-6-24(23)26(31)29-25-17-27(25)13-15-30(16-14-27)22-10-8-21(18-28)9-11-22/h4-6,8,10-11,21,25H,1,7,9,12-17H2,2-3H3,(H,29,31). The molecule has 1 amide bonds. The van der Waals surface area contributed by atoms with E-state index in [1.165, 1.54) is 11.3 Å². The number of carbonyl (C=O) groups is 1. The zero-order valence-corrected chi connectivity index (χ0v) is 18.8. The van der Waals surface area contributed by atoms with Crippen LogP contribution in [0.4, 0.5) is 0 Å². The Balaban J connectivity index is 1.34. The molecule has 1 spiro atoms. The molecular weight excluding hydrogens is 382 g/mol. The molecule has 162 valence electrons. The molecule has 0 bridgehead atoms. The molecule has 1 N–H and O–H groups in total. The number of aryl methyl sites for hydroxylation is 1. The second-order valence-corrected chi connectivity index (χ2v) is 9.60. The molecule has 2 aliphatic carbocycles. The van der Waals surface area contributed by atoms with E-state index in [1.54, 1.807) is 0 Å². The number of nitrogens with one attached hydrogen (secondary N) is 1. The van der Waals surface area contributed by atoms with Crippen LogP contribution in [0, 0.1) is 29.6 Å². The molecule has 4 heteroatoms. The van der Waals surface area contributed by atoms with E-state index in [1.807, 2.05) is 25.1 Å². The van der Waals surface area contributed by atoms with Crippen molar-refractivity contribution in [3.05, 3.63) is 71.0 Å². The predicted molar refractivity (Wildman–Crippen MR) is 124 cm³/mol. The van der Waals surface area contributed by atoms with Crippen LogP contribution < -0.4 is 5.32 Å². The number of hydrogen-bond acceptors (Lipinski definition) is 3. The van der Waals surface area contributed by atoms with E-state index in [-0.39, 0.29) is 23.3 Å². The first kappa shape index (κ1) is 21.4. The Morgan fingerprint density at radius 1 is 1.35 bits per heavy atom. The van der Waals surface area contributed by atoms with Crippen LogP contribution in [0.1, 0.15) is 60.5 Å². The van der Waals surface area contributed by atoms with Crippen molar-refractivity contribution in [2.24, 2.45) is 11.3 Å². The van der Waals surface area contributed by atoms with E-state index in [0.717, 1.165) is 68.3 Å². The van der Waals surface area contributed by atoms with Crippen LogP contribution >= 0.6 is 0 Å². The van der Waals surface area contributed by atoms with Gasteiger partial charge in [0.1, 0.15) is 0 Å². The number of hydrogen-bond donors (Lipinski definition) is 1. The number of carbonyl (C=O) groups excluding carboxylic acids is 1. The zero-order valence-electron chi connectivity index (χ0n) is 18.8. The van der Waals surface area contributed by atoms with Gasteiger partial charge >= 0.3 is 0 Å². The molecule has 0 aromatic heterocycles. The van der Waals surface area contributed by atoms with E-state index < -0.39 is 0 Å². The molecule has 1 saturated carbocycles. The van der Waals surface area contributed by atoms with Gasteiger partial charge in [-0.3, -0.25) is 4.79 Å². The Morgan fingerprint density at radius 3 is 2.77 bits per heavy atom. The third-order valence-electron chi connectivity index (χ3n) is 7.32. The van der Waals surface area contributed by atoms with Gasteiger partial charge in [-0.15, -0.1) is 6.58 Å². The SMILES string of the molecule is C=C(C)CCc1c(C)cccc1C(=O)NC1CC12CCN(C1=CCC(C#N)C=C1)CC2. The van der Waals surface area contributed by atoms with E-state index in [2.05, 4.69) is 48.0 Å². The highest BCUT2D eigenvalue weighted by molar-refractivity contribution is 5.96. The lowest BCUT2D eigenvalue weighted by atomic mass is 9.91. The molecular formula is C27H33N3O. The summed E-state index contributed by atoms with van der Waals surface area (Å²) in [5.41, 5.74) is 5.82. The van der Waals surface area contributed by atoms with Crippen molar-refractivity contribution >= 4 is 5.91 Å². The first-order chi connectivity index (χ1) is 14.9. The number of piperidine rings is 1. The summed E-state index contributed by atoms with van der Waals surface area (Å²) in [5.74, 6) is 0.0926. The van der Waals surface area contributed by atoms with Crippen molar-refractivity contribution < 1.29 is 4.79 Å². The summed E-state index contributed by atoms with van der Waals surface area (Å²) in [5, 5.41) is 12.4. The topological polar surface area (TPSA) is 56.1 Å². The van der Waals surface area contributed by atoms with Crippen LogP contribution in [-0.2, 0) is 6.42 Å². The van der Waals surface area contributed by atoms with Crippen LogP contribution in [0.5, 0.6) is 0 Å². The number of likely N-dealkylation sites (tertiary alicyclic amines) is 1. The molecule has 1 aromatic carbocycles. The smallest absolute Gasteiger partial charge is 0.251 e. The van der Waals surface area contributed by atoms with Crippen molar-refractivity contribution in [1.29, 1.82) is 5.26 Å². The van der Waals surface area contributed by atoms with Crippen LogP contribution in [0.2, 0.25) is 0 Å². The Labute approximate surface area is 186 Å². The van der Waals surface area contributed by atoms with E-state index in [9.17, 15) is 4.79 Å². The van der Waals surface area contributed by atoms with Crippen LogP contribution in [-0.4, -0.2) is 29.9 Å². The number of benzene rings is 1. The summed E-state index contributed by atoms with van der Waals surface area (Å²) in [6.07, 6.45) is 12.2. The van der Waals surface area contributed by atoms with Crippen LogP contribution in [0.3, 0.4) is 0 Å². The molecule has 4 nitrogen and oxygen atoms in total. The largest absolute Gasteiger partial charge is 0.372 e. The quantitative estimate of drug-likeness (QED) is 0.660. The highest BCUT2D eigenvalue weighted by atomic mass is 16.1. The Kier molecular flexibility index (Phi) is 6.05. The molecule has 2 atom stereocenters. The lowest BCUT2D eigenvalue weighted by molar-refractivity contribution is 0.0937. The molecule has 1 saturated heterocycles. The van der Waals surface area contributed by atoms with E-state index >= 15 is 0 Å². The highest BCUT2D eigenvalue weighted by Crippen LogP contribution is 2.54. The molecule has 1 heterocycles. The molecule has 0 radical (unpaired) electrons. The van der Waals surface area contributed by atoms with Gasteiger partial charge in [-0.25, -0.2) is 0 Å². The van der Waals surface area contributed by atoms with Crippen molar-refractivity contribution in [3.8, 4) is 6.07 Å². The fourth-order valence-corrected chi connectivity index (χ4v) is 5.08. The minimum atomic E-state index is 0.0183. The Hall–Kier alpha value is -2.80. The lowest BCUT2D eigenvalue weighted by Gasteiger charge is -2.36. The molecule has 2 fully saturated rings. The summed E-state index contributed by atoms with van der Waals surface area (Å²) in [4.78, 5) is 15.6. The monoisotopic (exact) mass is 415 g/mol. The predicted octanol–water partition coefficient (Wildman–Crippen LogP) is 5.07. The number of rotatable bonds is 6. The fourth-order valence-electron chi connectivity index (χ4n) is 5.08. The summed E-state index contributed by atoms with van der Waals surface area (Å²) < 4.78 is 0. The third-order valence-corrected chi connectivity index (χ3v) is 7.32. The summed E-state index contributed by atoms with van der Waals surface area (Å²) >= 11 is 0. The average Bonchev–Trinajstić information content (AvgIpc) is 3.43. The number of nitrogens with zero attached hydrogens (tertiary/aromatic N) is 2. The molecule has 2 unspecified atom stereocenters. The minimum Gasteiger partial charge on any atom is -0.372 e. The van der Waals surface area contributed by atoms with Gasteiger partial charge in [0.15, 0.2) is 0 Å². The van der Waals surface area contributed by atoms with Crippen LogP contribution in [0.15, 0.2) is 54.3 Å². The second-order valence-electron chi connectivity index (χ2n) is 9.60. The highest BCUT2D eigenvalue weighted by Gasteiger charge is 2.55. The van der Waals surface area contributed by atoms with Gasteiger partial charge in [-0.1, -0.05) is 29.9 Å². The van der Waals surface area contributed by atoms with Gasteiger partial charge in [0, 0.05) is 30.4 Å². The Morgan fingerprint density at radius 2 is 2.13 bits per heavy atom. The second kappa shape index (κ2) is 8.75. The molecule has 1 aliphatic heterocycles. The maximum atomic E-state index is 13.1. The van der Waals surface area contributed by atoms with Gasteiger partial charge < -0.3 is 10.2 Å². The van der Waals surface area contributed by atoms with Gasteiger partial charge in [0.05, 0.1) is 12.0 Å². The molecule has 4 rings (SSSR count). The third kappa shape index (κ3) is 4.61. The van der Waals surface area contributed by atoms with E-state index in [0.29, 0.717) is 0 Å². The van der Waals surface area contributed by atoms with Crippen molar-refractivity contribution in [2.45, 2.75) is 58.4 Å². The fraction of sp³-hybridized carbons (Fsp3) is 0.481. The summed E-state index contributed by atoms with van der Waals surface area (Å²) in [6.45, 7) is 10.2. The summed E-state index contributed by atoms with van der Waals surface area (Å²) in [6, 6.07) is 8.64. The Bertz CT molecular complexity index is 973. The molecule has 31 heavy (non-hydrogen) atoms. The molecule has 1 aromatic rings. The first-order valence-electron chi connectivity index (χ1n) is 11.5. The van der Waals surface area contributed by atoms with Crippen molar-refractivity contribution in [3.63, 3.8) is 0 Å². The van der Waals surface area contributed by atoms with Crippen molar-refractivity contribution in [2.75, 3.05) is 13.1 Å².